The average molecular weight is 347 g/mol. The number of sulfone groups is 1. The summed E-state index contributed by atoms with van der Waals surface area (Å²) in [5, 5.41) is 7.42. The van der Waals surface area contributed by atoms with Gasteiger partial charge in [0.25, 0.3) is 0 Å². The molecule has 0 aliphatic rings. The van der Waals surface area contributed by atoms with Gasteiger partial charge < -0.3 is 10.6 Å². The molecule has 0 atom stereocenters. The van der Waals surface area contributed by atoms with E-state index in [1.165, 1.54) is 11.1 Å². The van der Waals surface area contributed by atoms with E-state index in [1.807, 2.05) is 20.0 Å². The highest BCUT2D eigenvalue weighted by atomic mass is 32.2. The number of hydrogen-bond donors (Lipinski definition) is 2. The smallest absolute Gasteiger partial charge is 0.191 e. The molecule has 0 radical (unpaired) electrons. The molecule has 0 bridgehead atoms. The first-order valence-corrected chi connectivity index (χ1v) is 9.99. The van der Waals surface area contributed by atoms with Crippen molar-refractivity contribution in [1.29, 1.82) is 0 Å². The lowest BCUT2D eigenvalue weighted by Crippen LogP contribution is -2.41. The first kappa shape index (κ1) is 18.9. The first-order chi connectivity index (χ1) is 10.2. The van der Waals surface area contributed by atoms with Crippen LogP contribution in [-0.4, -0.2) is 50.0 Å². The predicted molar refractivity (Wildman–Crippen MR) is 93.5 cm³/mol. The van der Waals surface area contributed by atoms with Crippen LogP contribution in [-0.2, 0) is 16.3 Å². The van der Waals surface area contributed by atoms with Gasteiger partial charge in [-0.25, -0.2) is 13.4 Å². The van der Waals surface area contributed by atoms with Gasteiger partial charge in [-0.15, -0.1) is 11.3 Å². The SMILES string of the molecule is CCNC(=NCC(C)(C)S(C)(=O)=O)NCCc1ncc(C)s1. The van der Waals surface area contributed by atoms with Crippen LogP contribution in [0.2, 0.25) is 0 Å². The summed E-state index contributed by atoms with van der Waals surface area (Å²) in [6.45, 7) is 9.04. The molecule has 22 heavy (non-hydrogen) atoms. The Kier molecular flexibility index (Phi) is 6.80. The second kappa shape index (κ2) is 7.92. The highest BCUT2D eigenvalue weighted by molar-refractivity contribution is 7.92. The van der Waals surface area contributed by atoms with Crippen LogP contribution in [0.4, 0.5) is 0 Å². The van der Waals surface area contributed by atoms with Crippen molar-refractivity contribution in [2.45, 2.75) is 38.9 Å². The van der Waals surface area contributed by atoms with Crippen LogP contribution in [0.15, 0.2) is 11.2 Å². The Bertz CT molecular complexity index is 606. The third-order valence-electron chi connectivity index (χ3n) is 3.27. The molecule has 2 N–H and O–H groups in total. The van der Waals surface area contributed by atoms with Crippen molar-refractivity contribution in [3.05, 3.63) is 16.1 Å². The van der Waals surface area contributed by atoms with Crippen molar-refractivity contribution in [3.63, 3.8) is 0 Å². The lowest BCUT2D eigenvalue weighted by molar-refractivity contribution is 0.554. The predicted octanol–water partition coefficient (Wildman–Crippen LogP) is 1.37. The van der Waals surface area contributed by atoms with E-state index in [2.05, 4.69) is 20.6 Å². The summed E-state index contributed by atoms with van der Waals surface area (Å²) in [6, 6.07) is 0. The minimum absolute atomic E-state index is 0.220. The number of nitrogens with zero attached hydrogens (tertiary/aromatic N) is 2. The Hall–Kier alpha value is -1.15. The summed E-state index contributed by atoms with van der Waals surface area (Å²) in [5.41, 5.74) is 0. The van der Waals surface area contributed by atoms with Gasteiger partial charge in [0.05, 0.1) is 16.3 Å². The van der Waals surface area contributed by atoms with Gasteiger partial charge in [0.2, 0.25) is 0 Å². The zero-order chi connectivity index (χ0) is 16.8. The number of thiazole rings is 1. The van der Waals surface area contributed by atoms with Crippen LogP contribution in [0, 0.1) is 6.92 Å². The normalized spacial score (nSPS) is 13.2. The van der Waals surface area contributed by atoms with Gasteiger partial charge in [0.15, 0.2) is 15.8 Å². The van der Waals surface area contributed by atoms with Crippen LogP contribution in [0.3, 0.4) is 0 Å². The van der Waals surface area contributed by atoms with E-state index < -0.39 is 14.6 Å². The highest BCUT2D eigenvalue weighted by Crippen LogP contribution is 2.15. The minimum atomic E-state index is -3.14. The molecule has 6 nitrogen and oxygen atoms in total. The summed E-state index contributed by atoms with van der Waals surface area (Å²) in [5.74, 6) is 0.632. The standard InChI is InChI=1S/C14H26N4O2S2/c1-6-15-13(18-10-14(3,4)22(5,19)20)16-8-7-12-17-9-11(2)21-12/h9H,6-8,10H2,1-5H3,(H2,15,16,18). The number of aryl methyl sites for hydroxylation is 1. The minimum Gasteiger partial charge on any atom is -0.357 e. The summed E-state index contributed by atoms with van der Waals surface area (Å²) in [6.07, 6.45) is 3.93. The summed E-state index contributed by atoms with van der Waals surface area (Å²) in [7, 11) is -3.14. The molecule has 0 saturated heterocycles. The number of nitrogens with one attached hydrogen (secondary N) is 2. The van der Waals surface area contributed by atoms with Gasteiger partial charge in [-0.2, -0.15) is 0 Å². The van der Waals surface area contributed by atoms with Crippen LogP contribution < -0.4 is 10.6 Å². The second-order valence-corrected chi connectivity index (χ2v) is 9.74. The zero-order valence-electron chi connectivity index (χ0n) is 13.9. The molecule has 8 heteroatoms. The van der Waals surface area contributed by atoms with Gasteiger partial charge in [-0.05, 0) is 27.7 Å². The fraction of sp³-hybridized carbons (Fsp3) is 0.714. The third-order valence-corrected chi connectivity index (χ3v) is 6.38. The van der Waals surface area contributed by atoms with Crippen molar-refractivity contribution < 1.29 is 8.42 Å². The fourth-order valence-electron chi connectivity index (χ4n) is 1.53. The van der Waals surface area contributed by atoms with Gasteiger partial charge in [-0.1, -0.05) is 0 Å². The summed E-state index contributed by atoms with van der Waals surface area (Å²) >= 11 is 1.68. The molecule has 1 aromatic rings. The van der Waals surface area contributed by atoms with E-state index in [4.69, 9.17) is 0 Å². The molecule has 0 saturated carbocycles. The Balaban J connectivity index is 2.59. The molecule has 0 spiro atoms. The Labute approximate surface area is 137 Å². The number of rotatable bonds is 7. The number of aliphatic imine (C=N–C) groups is 1. The maximum atomic E-state index is 11.7. The molecule has 0 aliphatic heterocycles. The first-order valence-electron chi connectivity index (χ1n) is 7.29. The van der Waals surface area contributed by atoms with Gasteiger partial charge in [0, 0.05) is 36.8 Å². The summed E-state index contributed by atoms with van der Waals surface area (Å²) in [4.78, 5) is 9.90. The van der Waals surface area contributed by atoms with E-state index in [0.717, 1.165) is 18.0 Å². The molecular weight excluding hydrogens is 320 g/mol. The van der Waals surface area contributed by atoms with Gasteiger partial charge in [0.1, 0.15) is 0 Å². The molecule has 1 heterocycles. The van der Waals surface area contributed by atoms with E-state index in [-0.39, 0.29) is 6.54 Å². The third kappa shape index (κ3) is 5.92. The van der Waals surface area contributed by atoms with Crippen LogP contribution in [0.25, 0.3) is 0 Å². The molecular formula is C14H26N4O2S2. The number of aromatic nitrogens is 1. The molecule has 1 aromatic heterocycles. The molecule has 0 fully saturated rings. The van der Waals surface area contributed by atoms with Gasteiger partial charge in [-0.3, -0.25) is 4.99 Å². The molecule has 0 aromatic carbocycles. The maximum Gasteiger partial charge on any atom is 0.191 e. The lowest BCUT2D eigenvalue weighted by Gasteiger charge is -2.21. The van der Waals surface area contributed by atoms with Crippen molar-refractivity contribution >= 4 is 27.1 Å². The second-order valence-electron chi connectivity index (χ2n) is 5.77. The van der Waals surface area contributed by atoms with Crippen molar-refractivity contribution in [2.75, 3.05) is 25.9 Å². The van der Waals surface area contributed by atoms with Crippen LogP contribution >= 0.6 is 11.3 Å². The van der Waals surface area contributed by atoms with Crippen LogP contribution in [0.5, 0.6) is 0 Å². The molecule has 0 amide bonds. The lowest BCUT2D eigenvalue weighted by atomic mass is 10.2. The largest absolute Gasteiger partial charge is 0.357 e. The van der Waals surface area contributed by atoms with E-state index in [1.54, 1.807) is 25.2 Å². The molecule has 126 valence electrons. The fourth-order valence-corrected chi connectivity index (χ4v) is 2.62. The topological polar surface area (TPSA) is 83.5 Å². The summed E-state index contributed by atoms with van der Waals surface area (Å²) < 4.78 is 22.5. The van der Waals surface area contributed by atoms with E-state index in [0.29, 0.717) is 12.5 Å². The Morgan fingerprint density at radius 2 is 2.09 bits per heavy atom. The number of guanidine groups is 1. The zero-order valence-corrected chi connectivity index (χ0v) is 15.6. The average Bonchev–Trinajstić information content (AvgIpc) is 2.80. The quantitative estimate of drug-likeness (QED) is 0.575. The molecule has 0 aliphatic carbocycles. The Morgan fingerprint density at radius 1 is 1.41 bits per heavy atom. The van der Waals surface area contributed by atoms with E-state index >= 15 is 0 Å². The number of hydrogen-bond acceptors (Lipinski definition) is 5. The molecule has 0 unspecified atom stereocenters. The Morgan fingerprint density at radius 3 is 2.59 bits per heavy atom. The van der Waals surface area contributed by atoms with Gasteiger partial charge >= 0.3 is 0 Å². The maximum absolute atomic E-state index is 11.7. The highest BCUT2D eigenvalue weighted by Gasteiger charge is 2.29. The van der Waals surface area contributed by atoms with Crippen molar-refractivity contribution in [2.24, 2.45) is 4.99 Å². The monoisotopic (exact) mass is 346 g/mol. The van der Waals surface area contributed by atoms with Crippen LogP contribution in [0.1, 0.15) is 30.7 Å². The van der Waals surface area contributed by atoms with E-state index in [9.17, 15) is 8.42 Å². The molecule has 1 rings (SSSR count). The van der Waals surface area contributed by atoms with Crippen molar-refractivity contribution in [3.8, 4) is 0 Å². The van der Waals surface area contributed by atoms with Crippen molar-refractivity contribution in [1.82, 2.24) is 15.6 Å².